The van der Waals surface area contributed by atoms with Gasteiger partial charge in [0.2, 0.25) is 0 Å². The Morgan fingerprint density at radius 1 is 1.11 bits per heavy atom. The van der Waals surface area contributed by atoms with Crippen molar-refractivity contribution in [2.24, 2.45) is 0 Å². The Morgan fingerprint density at radius 3 is 2.63 bits per heavy atom. The SMILES string of the molecule is O=C1S/C(=C\c2ccc3c(cnn3Cc3ccc(Cl)cc3C(F)(F)F)c2)C(=O)N1N1CCNCC1. The van der Waals surface area contributed by atoms with Gasteiger partial charge in [-0.05, 0) is 53.2 Å². The van der Waals surface area contributed by atoms with Gasteiger partial charge in [-0.25, -0.2) is 5.01 Å². The first-order chi connectivity index (χ1) is 16.7. The van der Waals surface area contributed by atoms with Crippen molar-refractivity contribution in [2.75, 3.05) is 26.2 Å². The molecule has 2 aliphatic heterocycles. The van der Waals surface area contributed by atoms with Gasteiger partial charge in [0.05, 0.1) is 28.7 Å². The van der Waals surface area contributed by atoms with E-state index in [0.717, 1.165) is 17.8 Å². The molecule has 1 aromatic heterocycles. The Balaban J connectivity index is 1.40. The smallest absolute Gasteiger partial charge is 0.314 e. The van der Waals surface area contributed by atoms with Crippen LogP contribution in [0.15, 0.2) is 47.5 Å². The lowest BCUT2D eigenvalue weighted by molar-refractivity contribution is -0.138. The fraction of sp³-hybridized carbons (Fsp3) is 0.261. The Morgan fingerprint density at radius 2 is 1.89 bits per heavy atom. The van der Waals surface area contributed by atoms with Gasteiger partial charge in [-0.2, -0.15) is 23.3 Å². The molecule has 182 valence electrons. The van der Waals surface area contributed by atoms with Crippen LogP contribution in [0.3, 0.4) is 0 Å². The quantitative estimate of drug-likeness (QED) is 0.506. The summed E-state index contributed by atoms with van der Waals surface area (Å²) >= 11 is 6.66. The zero-order chi connectivity index (χ0) is 24.7. The van der Waals surface area contributed by atoms with Crippen molar-refractivity contribution in [2.45, 2.75) is 12.7 Å². The lowest BCUT2D eigenvalue weighted by atomic mass is 10.1. The van der Waals surface area contributed by atoms with E-state index in [2.05, 4.69) is 10.4 Å². The Kier molecular flexibility index (Phi) is 6.34. The number of aromatic nitrogens is 2. The molecular weight excluding hydrogens is 503 g/mol. The van der Waals surface area contributed by atoms with Gasteiger partial charge in [-0.15, -0.1) is 0 Å². The molecule has 0 spiro atoms. The summed E-state index contributed by atoms with van der Waals surface area (Å²) in [6, 6.07) is 8.94. The Hall–Kier alpha value is -2.86. The number of halogens is 4. The van der Waals surface area contributed by atoms with Crippen molar-refractivity contribution in [3.63, 3.8) is 0 Å². The van der Waals surface area contributed by atoms with E-state index in [-0.39, 0.29) is 28.3 Å². The maximum atomic E-state index is 13.5. The number of nitrogens with zero attached hydrogens (tertiary/aromatic N) is 4. The van der Waals surface area contributed by atoms with Crippen molar-refractivity contribution in [3.05, 3.63) is 69.2 Å². The number of carbonyl (C=O) groups is 2. The number of hydrogen-bond acceptors (Lipinski definition) is 6. The second-order valence-electron chi connectivity index (χ2n) is 8.12. The zero-order valence-electron chi connectivity index (χ0n) is 18.2. The number of hydrogen-bond donors (Lipinski definition) is 1. The molecule has 0 aliphatic carbocycles. The minimum Gasteiger partial charge on any atom is -0.314 e. The molecule has 0 radical (unpaired) electrons. The molecule has 0 bridgehead atoms. The number of amides is 2. The molecule has 3 aromatic rings. The highest BCUT2D eigenvalue weighted by Crippen LogP contribution is 2.35. The molecule has 12 heteroatoms. The van der Waals surface area contributed by atoms with E-state index in [9.17, 15) is 22.8 Å². The van der Waals surface area contributed by atoms with E-state index in [0.29, 0.717) is 47.6 Å². The predicted octanol–water partition coefficient (Wildman–Crippen LogP) is 4.61. The fourth-order valence-electron chi connectivity index (χ4n) is 4.14. The average molecular weight is 522 g/mol. The third-order valence-electron chi connectivity index (χ3n) is 5.81. The monoisotopic (exact) mass is 521 g/mol. The molecule has 5 rings (SSSR count). The van der Waals surface area contributed by atoms with Gasteiger partial charge in [0.1, 0.15) is 0 Å². The topological polar surface area (TPSA) is 70.5 Å². The summed E-state index contributed by atoms with van der Waals surface area (Å²) in [5.74, 6) is -0.361. The van der Waals surface area contributed by atoms with Gasteiger partial charge in [0.15, 0.2) is 0 Å². The highest BCUT2D eigenvalue weighted by molar-refractivity contribution is 8.18. The molecule has 2 fully saturated rings. The third-order valence-corrected chi connectivity index (χ3v) is 6.91. The van der Waals surface area contributed by atoms with Crippen LogP contribution < -0.4 is 5.32 Å². The van der Waals surface area contributed by atoms with Crippen LogP contribution in [0.4, 0.5) is 18.0 Å². The van der Waals surface area contributed by atoms with Crippen LogP contribution in [-0.2, 0) is 17.5 Å². The number of imide groups is 1. The molecule has 0 atom stereocenters. The van der Waals surface area contributed by atoms with Gasteiger partial charge in [-0.3, -0.25) is 14.3 Å². The second-order valence-corrected chi connectivity index (χ2v) is 9.55. The van der Waals surface area contributed by atoms with Crippen molar-refractivity contribution >= 4 is 51.5 Å². The van der Waals surface area contributed by atoms with E-state index < -0.39 is 11.7 Å². The molecule has 2 saturated heterocycles. The number of nitrogens with one attached hydrogen (secondary N) is 1. The first kappa shape index (κ1) is 23.9. The fourth-order valence-corrected chi connectivity index (χ4v) is 5.15. The molecule has 3 heterocycles. The third kappa shape index (κ3) is 4.81. The van der Waals surface area contributed by atoms with E-state index in [1.807, 2.05) is 0 Å². The zero-order valence-corrected chi connectivity index (χ0v) is 19.8. The normalized spacial score (nSPS) is 18.9. The van der Waals surface area contributed by atoms with Crippen LogP contribution >= 0.6 is 23.4 Å². The number of hydrazine groups is 1. The summed E-state index contributed by atoms with van der Waals surface area (Å²) in [5.41, 5.74) is 0.576. The number of piperazine rings is 1. The lowest BCUT2D eigenvalue weighted by Gasteiger charge is -2.32. The van der Waals surface area contributed by atoms with E-state index in [1.54, 1.807) is 35.5 Å². The number of thioether (sulfide) groups is 1. The second kappa shape index (κ2) is 9.30. The van der Waals surface area contributed by atoms with Crippen molar-refractivity contribution < 1.29 is 22.8 Å². The summed E-state index contributed by atoms with van der Waals surface area (Å²) in [6.45, 7) is 2.45. The largest absolute Gasteiger partial charge is 0.416 e. The van der Waals surface area contributed by atoms with Crippen LogP contribution in [0.2, 0.25) is 5.02 Å². The van der Waals surface area contributed by atoms with Gasteiger partial charge >= 0.3 is 11.4 Å². The van der Waals surface area contributed by atoms with Crippen molar-refractivity contribution in [3.8, 4) is 0 Å². The molecule has 0 saturated carbocycles. The summed E-state index contributed by atoms with van der Waals surface area (Å²) in [7, 11) is 0. The highest BCUT2D eigenvalue weighted by atomic mass is 35.5. The number of fused-ring (bicyclic) bond motifs is 1. The molecule has 2 amide bonds. The molecule has 1 N–H and O–H groups in total. The molecule has 2 aliphatic rings. The van der Waals surface area contributed by atoms with Crippen molar-refractivity contribution in [1.82, 2.24) is 25.1 Å². The Labute approximate surface area is 207 Å². The molecular formula is C23H19ClF3N5O2S. The summed E-state index contributed by atoms with van der Waals surface area (Å²) in [4.78, 5) is 25.6. The van der Waals surface area contributed by atoms with E-state index in [4.69, 9.17) is 11.6 Å². The predicted molar refractivity (Wildman–Crippen MR) is 128 cm³/mol. The first-order valence-electron chi connectivity index (χ1n) is 10.8. The van der Waals surface area contributed by atoms with Gasteiger partial charge < -0.3 is 5.32 Å². The van der Waals surface area contributed by atoms with Gasteiger partial charge in [-0.1, -0.05) is 23.7 Å². The maximum Gasteiger partial charge on any atom is 0.416 e. The van der Waals surface area contributed by atoms with Crippen LogP contribution in [0, 0.1) is 0 Å². The van der Waals surface area contributed by atoms with E-state index in [1.165, 1.54) is 21.8 Å². The van der Waals surface area contributed by atoms with Crippen LogP contribution in [-0.4, -0.2) is 57.1 Å². The number of alkyl halides is 3. The molecule has 7 nitrogen and oxygen atoms in total. The minimum atomic E-state index is -4.54. The molecule has 35 heavy (non-hydrogen) atoms. The van der Waals surface area contributed by atoms with E-state index >= 15 is 0 Å². The first-order valence-corrected chi connectivity index (χ1v) is 11.9. The van der Waals surface area contributed by atoms with Gasteiger partial charge in [0.25, 0.3) is 5.91 Å². The van der Waals surface area contributed by atoms with Crippen LogP contribution in [0.1, 0.15) is 16.7 Å². The standard InChI is InChI=1S/C23H19ClF3N5O2S/c24-17-3-2-15(18(11-17)23(25,26)27)13-31-19-4-1-14(9-16(19)12-29-31)10-20-21(33)32(22(34)35-20)30-7-5-28-6-8-30/h1-4,9-12,28H,5-8,13H2/b20-10-. The molecule has 0 unspecified atom stereocenters. The van der Waals surface area contributed by atoms with Crippen LogP contribution in [0.25, 0.3) is 17.0 Å². The summed E-state index contributed by atoms with van der Waals surface area (Å²) < 4.78 is 41.9. The number of rotatable bonds is 4. The van der Waals surface area contributed by atoms with Crippen molar-refractivity contribution in [1.29, 1.82) is 0 Å². The average Bonchev–Trinajstić information content (AvgIpc) is 3.34. The minimum absolute atomic E-state index is 0.0115. The number of benzene rings is 2. The molecule has 2 aromatic carbocycles. The maximum absolute atomic E-state index is 13.5. The van der Waals surface area contributed by atoms with Gasteiger partial charge in [0, 0.05) is 36.6 Å². The van der Waals surface area contributed by atoms with Crippen LogP contribution in [0.5, 0.6) is 0 Å². The Bertz CT molecular complexity index is 1350. The summed E-state index contributed by atoms with van der Waals surface area (Å²) in [6.07, 6.45) is -1.34. The summed E-state index contributed by atoms with van der Waals surface area (Å²) in [5, 5.41) is 10.8. The number of carbonyl (C=O) groups excluding carboxylic acids is 2. The highest BCUT2D eigenvalue weighted by Gasteiger charge is 2.39. The lowest BCUT2D eigenvalue weighted by Crippen LogP contribution is -2.53.